The second-order valence-electron chi connectivity index (χ2n) is 11.4. The summed E-state index contributed by atoms with van der Waals surface area (Å²) in [6, 6.07) is 9.77. The molecule has 11 nitrogen and oxygen atoms in total. The van der Waals surface area contributed by atoms with Crippen LogP contribution in [0.2, 0.25) is 0 Å². The molecule has 13 heteroatoms. The molecule has 43 heavy (non-hydrogen) atoms. The highest BCUT2D eigenvalue weighted by atomic mass is 32.2. The molecule has 0 spiro atoms. The number of benzene rings is 2. The van der Waals surface area contributed by atoms with E-state index in [1.54, 1.807) is 11.8 Å². The first-order chi connectivity index (χ1) is 20.5. The predicted molar refractivity (Wildman–Crippen MR) is 170 cm³/mol. The molecule has 0 radical (unpaired) electrons. The molecular formula is C30H39N5O6S2. The number of carbonyl (C=O) groups excluding carboxylic acids is 2. The molecule has 232 valence electrons. The lowest BCUT2D eigenvalue weighted by Gasteiger charge is -2.44. The third-order valence-electron chi connectivity index (χ3n) is 8.63. The zero-order valence-corrected chi connectivity index (χ0v) is 26.0. The van der Waals surface area contributed by atoms with Crippen LogP contribution in [-0.2, 0) is 14.3 Å². The molecule has 3 aliphatic heterocycles. The molecule has 2 saturated heterocycles. The number of fused-ring (bicyclic) bond motifs is 2. The largest absolute Gasteiger partial charge is 0.512 e. The Morgan fingerprint density at radius 1 is 1.28 bits per heavy atom. The van der Waals surface area contributed by atoms with Crippen LogP contribution in [0.1, 0.15) is 44.4 Å². The van der Waals surface area contributed by atoms with Gasteiger partial charge in [0.2, 0.25) is 17.7 Å². The average molecular weight is 630 g/mol. The molecule has 0 saturated carbocycles. The van der Waals surface area contributed by atoms with Gasteiger partial charge in [0.25, 0.3) is 0 Å². The zero-order valence-electron chi connectivity index (χ0n) is 24.4. The van der Waals surface area contributed by atoms with Gasteiger partial charge in [0.1, 0.15) is 0 Å². The fourth-order valence-electron chi connectivity index (χ4n) is 6.49. The van der Waals surface area contributed by atoms with Crippen molar-refractivity contribution in [2.45, 2.75) is 61.4 Å². The maximum atomic E-state index is 12.7. The number of rotatable bonds is 11. The van der Waals surface area contributed by atoms with Gasteiger partial charge in [0, 0.05) is 57.6 Å². The normalized spacial score (nSPS) is 26.3. The highest BCUT2D eigenvalue weighted by molar-refractivity contribution is 8.03. The standard InChI is InChI=1S/C30H39N5O6S2/c1-14-26-19(7-8-36)28(38)35(26)29(41-30(39)40)27(14)43-18-10-24(33-13-18)16(3)42-15(2)20-9-17-5-4-6-23(34-25(37)12-31)21(17)11-22(20)32/h4-6,9,11,14-16,18-19,24,26,33,36H,7-8,10,12-13,31-32H2,1-3H3,(H,34,37)(H,39,40)/t14-,15?,16?,18+,19+,24+,26-/m1/s1. The van der Waals surface area contributed by atoms with Crippen molar-refractivity contribution >= 4 is 63.6 Å². The molecule has 3 aliphatic rings. The van der Waals surface area contributed by atoms with Crippen LogP contribution in [0.15, 0.2) is 41.1 Å². The first-order valence-electron chi connectivity index (χ1n) is 14.5. The van der Waals surface area contributed by atoms with E-state index in [2.05, 4.69) is 30.5 Å². The quantitative estimate of drug-likeness (QED) is 0.121. The molecule has 7 atom stereocenters. The Balaban J connectivity index is 1.24. The number of aliphatic hydroxyl groups excluding tert-OH is 1. The Bertz CT molecular complexity index is 1450. The van der Waals surface area contributed by atoms with Crippen LogP contribution in [0.5, 0.6) is 0 Å². The van der Waals surface area contributed by atoms with E-state index in [1.165, 1.54) is 4.90 Å². The van der Waals surface area contributed by atoms with E-state index in [0.29, 0.717) is 17.8 Å². The van der Waals surface area contributed by atoms with Crippen LogP contribution in [0.25, 0.3) is 10.8 Å². The number of ether oxygens (including phenoxy) is 1. The number of carboxylic acid groups (broad SMARTS) is 1. The number of nitrogens with two attached hydrogens (primary N) is 2. The van der Waals surface area contributed by atoms with Crippen molar-refractivity contribution in [1.82, 2.24) is 10.2 Å². The van der Waals surface area contributed by atoms with Crippen molar-refractivity contribution in [3.8, 4) is 0 Å². The van der Waals surface area contributed by atoms with Gasteiger partial charge in [0.05, 0.1) is 23.4 Å². The molecule has 2 aromatic rings. The number of nitrogens with zero attached hydrogens (tertiary/aromatic N) is 1. The number of amides is 2. The minimum atomic E-state index is -1.44. The fourth-order valence-corrected chi connectivity index (χ4v) is 9.32. The van der Waals surface area contributed by atoms with Gasteiger partial charge < -0.3 is 37.1 Å². The number of thioether (sulfide) groups is 2. The minimum Gasteiger partial charge on any atom is -0.449 e. The van der Waals surface area contributed by atoms with Gasteiger partial charge in [-0.15, -0.1) is 23.5 Å². The monoisotopic (exact) mass is 629 g/mol. The van der Waals surface area contributed by atoms with Gasteiger partial charge >= 0.3 is 6.16 Å². The van der Waals surface area contributed by atoms with E-state index in [0.717, 1.165) is 34.2 Å². The number of anilines is 2. The van der Waals surface area contributed by atoms with E-state index < -0.39 is 6.16 Å². The fraction of sp³-hybridized carbons (Fsp3) is 0.500. The summed E-state index contributed by atoms with van der Waals surface area (Å²) < 4.78 is 5.14. The maximum Gasteiger partial charge on any atom is 0.512 e. The number of aliphatic hydroxyl groups is 1. The average Bonchev–Trinajstić information content (AvgIpc) is 3.53. The summed E-state index contributed by atoms with van der Waals surface area (Å²) in [6.07, 6.45) is -0.209. The van der Waals surface area contributed by atoms with E-state index in [-0.39, 0.29) is 70.5 Å². The van der Waals surface area contributed by atoms with Crippen molar-refractivity contribution in [1.29, 1.82) is 0 Å². The number of carbonyl (C=O) groups is 3. The molecule has 2 unspecified atom stereocenters. The maximum absolute atomic E-state index is 12.7. The Morgan fingerprint density at radius 2 is 2.05 bits per heavy atom. The van der Waals surface area contributed by atoms with E-state index >= 15 is 0 Å². The predicted octanol–water partition coefficient (Wildman–Crippen LogP) is 3.69. The van der Waals surface area contributed by atoms with Crippen molar-refractivity contribution in [3.63, 3.8) is 0 Å². The highest BCUT2D eigenvalue weighted by Gasteiger charge is 2.58. The summed E-state index contributed by atoms with van der Waals surface area (Å²) in [6.45, 7) is 6.90. The second kappa shape index (κ2) is 12.9. The zero-order chi connectivity index (χ0) is 31.0. The van der Waals surface area contributed by atoms with Crippen LogP contribution in [-0.4, -0.2) is 75.4 Å². The van der Waals surface area contributed by atoms with Gasteiger partial charge in [-0.3, -0.25) is 14.5 Å². The van der Waals surface area contributed by atoms with E-state index in [9.17, 15) is 24.6 Å². The lowest BCUT2D eigenvalue weighted by Crippen LogP contribution is -2.60. The lowest BCUT2D eigenvalue weighted by atomic mass is 9.80. The first kappa shape index (κ1) is 31.5. The van der Waals surface area contributed by atoms with Crippen molar-refractivity contribution in [2.75, 3.05) is 30.7 Å². The highest BCUT2D eigenvalue weighted by Crippen LogP contribution is 2.52. The second-order valence-corrected chi connectivity index (χ2v) is 14.4. The number of nitrogens with one attached hydrogen (secondary N) is 2. The van der Waals surface area contributed by atoms with E-state index in [1.807, 2.05) is 43.0 Å². The van der Waals surface area contributed by atoms with Gasteiger partial charge in [-0.1, -0.05) is 26.0 Å². The molecule has 2 aromatic carbocycles. The van der Waals surface area contributed by atoms with Gasteiger partial charge in [-0.05, 0) is 48.9 Å². The molecule has 8 N–H and O–H groups in total. The van der Waals surface area contributed by atoms with Gasteiger partial charge in [-0.25, -0.2) is 4.79 Å². The first-order valence-corrected chi connectivity index (χ1v) is 16.3. The molecule has 2 fully saturated rings. The Labute approximate surface area is 259 Å². The molecule has 0 aromatic heterocycles. The van der Waals surface area contributed by atoms with Crippen LogP contribution in [0, 0.1) is 11.8 Å². The minimum absolute atomic E-state index is 0.0699. The van der Waals surface area contributed by atoms with E-state index in [4.69, 9.17) is 16.2 Å². The van der Waals surface area contributed by atoms with Crippen LogP contribution in [0.3, 0.4) is 0 Å². The molecular weight excluding hydrogens is 590 g/mol. The molecule has 5 rings (SSSR count). The number of hydrogen-bond donors (Lipinski definition) is 6. The summed E-state index contributed by atoms with van der Waals surface area (Å²) in [4.78, 5) is 38.3. The summed E-state index contributed by atoms with van der Waals surface area (Å²) in [5, 5.41) is 27.7. The summed E-state index contributed by atoms with van der Waals surface area (Å²) >= 11 is 3.43. The van der Waals surface area contributed by atoms with Gasteiger partial charge in [0.15, 0.2) is 0 Å². The lowest BCUT2D eigenvalue weighted by molar-refractivity contribution is -0.156. The summed E-state index contributed by atoms with van der Waals surface area (Å²) in [5.41, 5.74) is 14.4. The van der Waals surface area contributed by atoms with Crippen LogP contribution >= 0.6 is 23.5 Å². The van der Waals surface area contributed by atoms with Crippen molar-refractivity contribution in [3.05, 3.63) is 46.7 Å². The van der Waals surface area contributed by atoms with Crippen molar-refractivity contribution < 1.29 is 29.3 Å². The van der Waals surface area contributed by atoms with Gasteiger partial charge in [-0.2, -0.15) is 0 Å². The molecule has 0 bridgehead atoms. The smallest absolute Gasteiger partial charge is 0.449 e. The molecule has 2 amide bonds. The number of hydrogen-bond acceptors (Lipinski definition) is 10. The van der Waals surface area contributed by atoms with Crippen LogP contribution in [0.4, 0.5) is 16.2 Å². The Hall–Kier alpha value is -2.97. The third-order valence-corrected chi connectivity index (χ3v) is 11.5. The Kier molecular flexibility index (Phi) is 9.47. The number of nitrogen functional groups attached to an aromatic ring is 1. The summed E-state index contributed by atoms with van der Waals surface area (Å²) in [5.74, 6) is -0.715. The molecule has 3 heterocycles. The number of β-lactam (4-membered cyclic amide) rings is 1. The molecule has 0 aliphatic carbocycles. The van der Waals surface area contributed by atoms with Crippen molar-refractivity contribution in [2.24, 2.45) is 17.6 Å². The third kappa shape index (κ3) is 6.18. The van der Waals surface area contributed by atoms with Crippen LogP contribution < -0.4 is 22.1 Å². The topological polar surface area (TPSA) is 180 Å². The SMILES string of the molecule is CC(SC(C)[C@@H]1C[C@H](SC2=C(OC(=O)O)N3C(=O)[C@@H](CCO)[C@H]3[C@H]2C)CN1)c1cc2cccc(NC(=O)CN)c2cc1N. The summed E-state index contributed by atoms with van der Waals surface area (Å²) in [7, 11) is 0. The Morgan fingerprint density at radius 3 is 2.74 bits per heavy atom.